The van der Waals surface area contributed by atoms with E-state index in [0.717, 1.165) is 22.2 Å². The van der Waals surface area contributed by atoms with Crippen LogP contribution in [0.5, 0.6) is 5.75 Å². The minimum atomic E-state index is -0.376. The van der Waals surface area contributed by atoms with Crippen molar-refractivity contribution >= 4 is 57.1 Å². The highest BCUT2D eigenvalue weighted by Gasteiger charge is 2.17. The average molecular weight is 459 g/mol. The molecule has 0 aliphatic carbocycles. The second-order valence-electron chi connectivity index (χ2n) is 6.29. The van der Waals surface area contributed by atoms with Crippen LogP contribution in [0.1, 0.15) is 18.6 Å². The van der Waals surface area contributed by atoms with Gasteiger partial charge in [-0.05, 0) is 37.3 Å². The Morgan fingerprint density at radius 3 is 2.67 bits per heavy atom. The zero-order valence-corrected chi connectivity index (χ0v) is 17.9. The number of nitrogens with zero attached hydrogens (tertiary/aromatic N) is 4. The third-order valence-corrected chi connectivity index (χ3v) is 5.19. The van der Waals surface area contributed by atoms with Gasteiger partial charge in [0.1, 0.15) is 17.5 Å². The molecule has 1 atom stereocenters. The van der Waals surface area contributed by atoms with E-state index in [9.17, 15) is 4.21 Å². The van der Waals surface area contributed by atoms with Crippen LogP contribution in [0.4, 0.5) is 5.82 Å². The van der Waals surface area contributed by atoms with Crippen LogP contribution in [0.3, 0.4) is 0 Å². The van der Waals surface area contributed by atoms with Crippen LogP contribution in [0.25, 0.3) is 22.2 Å². The van der Waals surface area contributed by atoms with E-state index in [0.29, 0.717) is 27.2 Å². The Hall–Kier alpha value is -2.94. The molecular formula is C20H14Cl2N5O2S+. The molecule has 0 unspecified atom stereocenters. The molecule has 0 saturated heterocycles. The van der Waals surface area contributed by atoms with Crippen molar-refractivity contribution in [3.63, 3.8) is 0 Å². The maximum atomic E-state index is 10.4. The summed E-state index contributed by atoms with van der Waals surface area (Å²) in [6, 6.07) is 9.20. The lowest BCUT2D eigenvalue weighted by molar-refractivity contribution is 0.227. The number of ether oxygens (including phenoxy) is 1. The monoisotopic (exact) mass is 458 g/mol. The van der Waals surface area contributed by atoms with E-state index in [1.54, 1.807) is 12.3 Å². The van der Waals surface area contributed by atoms with Crippen LogP contribution < -0.4 is 4.74 Å². The number of rotatable bonds is 6. The Bertz CT molecular complexity index is 1220. The second-order valence-corrected chi connectivity index (χ2v) is 7.51. The van der Waals surface area contributed by atoms with Gasteiger partial charge >= 0.3 is 17.2 Å². The number of hydrogen-bond acceptors (Lipinski definition) is 6. The topological polar surface area (TPSA) is 93.1 Å². The maximum Gasteiger partial charge on any atom is 0.518 e. The second kappa shape index (κ2) is 8.83. The first-order valence-electron chi connectivity index (χ1n) is 8.78. The minimum Gasteiger partial charge on any atom is -0.486 e. The molecule has 0 fully saturated rings. The first kappa shape index (κ1) is 20.3. The third-order valence-electron chi connectivity index (χ3n) is 4.39. The van der Waals surface area contributed by atoms with Gasteiger partial charge in [-0.25, -0.2) is 4.98 Å². The van der Waals surface area contributed by atoms with Crippen molar-refractivity contribution in [3.8, 4) is 17.0 Å². The normalized spacial score (nSPS) is 12.4. The molecule has 0 amide bonds. The lowest BCUT2D eigenvalue weighted by Gasteiger charge is -2.17. The number of nitrogens with one attached hydrogen (secondary N) is 1. The van der Waals surface area contributed by atoms with Gasteiger partial charge in [0, 0.05) is 39.3 Å². The summed E-state index contributed by atoms with van der Waals surface area (Å²) in [6.07, 6.45) is 4.36. The highest BCUT2D eigenvalue weighted by Crippen LogP contribution is 2.34. The van der Waals surface area contributed by atoms with E-state index in [1.807, 2.05) is 31.2 Å². The lowest BCUT2D eigenvalue weighted by Crippen LogP contribution is -2.05. The maximum absolute atomic E-state index is 10.4. The quantitative estimate of drug-likeness (QED) is 0.232. The van der Waals surface area contributed by atoms with E-state index >= 15 is 0 Å². The van der Waals surface area contributed by atoms with Crippen molar-refractivity contribution in [1.29, 1.82) is 0 Å². The number of pyridine rings is 2. The van der Waals surface area contributed by atoms with Gasteiger partial charge in [-0.1, -0.05) is 23.2 Å². The van der Waals surface area contributed by atoms with Crippen molar-refractivity contribution in [2.75, 3.05) is 0 Å². The molecule has 0 bridgehead atoms. The van der Waals surface area contributed by atoms with E-state index < -0.39 is 0 Å². The van der Waals surface area contributed by atoms with Gasteiger partial charge in [0.2, 0.25) is 0 Å². The third kappa shape index (κ3) is 4.16. The Kier molecular flexibility index (Phi) is 5.98. The van der Waals surface area contributed by atoms with Gasteiger partial charge in [0.25, 0.3) is 0 Å². The van der Waals surface area contributed by atoms with Crippen LogP contribution in [0.15, 0.2) is 53.9 Å². The molecule has 3 aromatic heterocycles. The summed E-state index contributed by atoms with van der Waals surface area (Å²) in [5, 5.41) is 9.18. The van der Waals surface area contributed by atoms with E-state index in [-0.39, 0.29) is 17.8 Å². The molecule has 0 aliphatic rings. The Labute approximate surface area is 185 Å². The standard InChI is InChI=1S/C20H14Cl2N5O2S/c1-11(19-15(21)8-23-9-16(19)22)29-13-3-4-17-14(6-13)20(27-26-17)12-2-5-18(24-7-12)25-10-30-28/h2-11H,1H3,(H,26,27)/q+1/t11-/m1/s1. The number of hydrogen-bond donors (Lipinski definition) is 1. The number of aliphatic imine (C=N–C) groups is 1. The molecule has 3 heterocycles. The van der Waals surface area contributed by atoms with E-state index in [1.165, 1.54) is 17.9 Å². The molecule has 0 aliphatic heterocycles. The lowest BCUT2D eigenvalue weighted by atomic mass is 10.1. The van der Waals surface area contributed by atoms with Crippen LogP contribution >= 0.6 is 23.2 Å². The summed E-state index contributed by atoms with van der Waals surface area (Å²) in [5.74, 6) is 1.09. The Balaban J connectivity index is 1.64. The zero-order valence-electron chi connectivity index (χ0n) is 15.5. The predicted molar refractivity (Wildman–Crippen MR) is 119 cm³/mol. The van der Waals surface area contributed by atoms with Crippen molar-refractivity contribution in [2.45, 2.75) is 13.0 Å². The van der Waals surface area contributed by atoms with Crippen molar-refractivity contribution in [1.82, 2.24) is 20.2 Å². The average Bonchev–Trinajstić information content (AvgIpc) is 3.16. The summed E-state index contributed by atoms with van der Waals surface area (Å²) in [5.41, 5.74) is 4.26. The zero-order chi connectivity index (χ0) is 21.1. The van der Waals surface area contributed by atoms with E-state index in [4.69, 9.17) is 27.9 Å². The van der Waals surface area contributed by atoms with Crippen LogP contribution in [-0.4, -0.2) is 25.7 Å². The van der Waals surface area contributed by atoms with Gasteiger partial charge in [-0.15, -0.1) is 0 Å². The SMILES string of the molecule is C[C@@H](Oc1ccc2[nH]nc(-c3ccc(N=C[S+]=O)nc3)c2c1)c1c(Cl)cncc1Cl. The molecule has 1 N–H and O–H groups in total. The number of benzene rings is 1. The summed E-state index contributed by atoms with van der Waals surface area (Å²) < 4.78 is 16.5. The van der Waals surface area contributed by atoms with Crippen LogP contribution in [0.2, 0.25) is 10.0 Å². The highest BCUT2D eigenvalue weighted by molar-refractivity contribution is 7.81. The molecule has 0 radical (unpaired) electrons. The summed E-state index contributed by atoms with van der Waals surface area (Å²) in [4.78, 5) is 12.2. The number of H-pyrrole nitrogens is 1. The van der Waals surface area contributed by atoms with Crippen molar-refractivity contribution < 1.29 is 8.95 Å². The van der Waals surface area contributed by atoms with Crippen molar-refractivity contribution in [3.05, 3.63) is 64.5 Å². The van der Waals surface area contributed by atoms with Gasteiger partial charge in [-0.3, -0.25) is 10.1 Å². The fraction of sp³-hybridized carbons (Fsp3) is 0.100. The Morgan fingerprint density at radius 1 is 1.17 bits per heavy atom. The number of fused-ring (bicyclic) bond motifs is 1. The molecule has 0 spiro atoms. The van der Waals surface area contributed by atoms with Crippen LogP contribution in [0, 0.1) is 0 Å². The molecule has 0 saturated carbocycles. The minimum absolute atomic E-state index is 0.274. The molecule has 10 heteroatoms. The molecule has 4 rings (SSSR count). The van der Waals surface area contributed by atoms with Gasteiger partial charge in [-0.2, -0.15) is 10.1 Å². The fourth-order valence-electron chi connectivity index (χ4n) is 3.04. The molecule has 7 nitrogen and oxygen atoms in total. The fourth-order valence-corrected chi connectivity index (χ4v) is 3.86. The Morgan fingerprint density at radius 2 is 1.97 bits per heavy atom. The molecular weight excluding hydrogens is 445 g/mol. The largest absolute Gasteiger partial charge is 0.518 e. The molecule has 30 heavy (non-hydrogen) atoms. The molecule has 4 aromatic rings. The van der Waals surface area contributed by atoms with Gasteiger partial charge in [0.15, 0.2) is 5.82 Å². The van der Waals surface area contributed by atoms with Gasteiger partial charge < -0.3 is 4.74 Å². The summed E-state index contributed by atoms with van der Waals surface area (Å²) in [6.45, 7) is 1.87. The summed E-state index contributed by atoms with van der Waals surface area (Å²) >= 11 is 12.8. The van der Waals surface area contributed by atoms with Crippen molar-refractivity contribution in [2.24, 2.45) is 4.99 Å². The number of aromatic amines is 1. The predicted octanol–water partition coefficient (Wildman–Crippen LogP) is 5.55. The summed E-state index contributed by atoms with van der Waals surface area (Å²) in [7, 11) is 0. The first-order chi connectivity index (χ1) is 14.6. The number of aromatic nitrogens is 4. The van der Waals surface area contributed by atoms with Crippen LogP contribution in [-0.2, 0) is 15.9 Å². The molecule has 1 aromatic carbocycles. The van der Waals surface area contributed by atoms with Gasteiger partial charge in [0.05, 0.1) is 15.6 Å². The highest BCUT2D eigenvalue weighted by atomic mass is 35.5. The van der Waals surface area contributed by atoms with E-state index in [2.05, 4.69) is 25.2 Å². The first-order valence-corrected chi connectivity index (χ1v) is 10.3. The molecule has 150 valence electrons. The smallest absolute Gasteiger partial charge is 0.486 e. The number of halogens is 2.